The quantitative estimate of drug-likeness (QED) is 0.645. The minimum absolute atomic E-state index is 0.214. The van der Waals surface area contributed by atoms with Crippen molar-refractivity contribution in [2.75, 3.05) is 13.7 Å². The van der Waals surface area contributed by atoms with Crippen LogP contribution < -0.4 is 0 Å². The van der Waals surface area contributed by atoms with Crippen LogP contribution in [-0.4, -0.2) is 34.4 Å². The third-order valence-electron chi connectivity index (χ3n) is 4.44. The first-order valence-electron chi connectivity index (χ1n) is 10.3. The Labute approximate surface area is 180 Å². The first kappa shape index (κ1) is 24.7. The van der Waals surface area contributed by atoms with Crippen LogP contribution in [0.5, 0.6) is 0 Å². The maximum atomic E-state index is 12.9. The van der Waals surface area contributed by atoms with Crippen molar-refractivity contribution in [2.24, 2.45) is 0 Å². The predicted molar refractivity (Wildman–Crippen MR) is 110 cm³/mol. The molecule has 0 fully saturated rings. The summed E-state index contributed by atoms with van der Waals surface area (Å²) in [6.07, 6.45) is -3.04. The van der Waals surface area contributed by atoms with Gasteiger partial charge < -0.3 is 14.4 Å². The Kier molecular flexibility index (Phi) is 8.91. The van der Waals surface area contributed by atoms with Gasteiger partial charge in [-0.2, -0.15) is 18.3 Å². The Morgan fingerprint density at radius 2 is 1.84 bits per heavy atom. The zero-order chi connectivity index (χ0) is 23.0. The summed E-state index contributed by atoms with van der Waals surface area (Å²) in [6, 6.07) is 5.54. The van der Waals surface area contributed by atoms with E-state index in [0.29, 0.717) is 43.8 Å². The molecule has 0 bridgehead atoms. The number of aryl methyl sites for hydroxylation is 2. The fraction of sp³-hybridized carbons (Fsp3) is 0.545. The van der Waals surface area contributed by atoms with Gasteiger partial charge in [0.25, 0.3) is 0 Å². The summed E-state index contributed by atoms with van der Waals surface area (Å²) in [5, 5.41) is 4.44. The lowest BCUT2D eigenvalue weighted by Gasteiger charge is -2.20. The fourth-order valence-corrected chi connectivity index (χ4v) is 3.24. The van der Waals surface area contributed by atoms with E-state index in [1.807, 2.05) is 10.7 Å². The molecule has 2 heterocycles. The Morgan fingerprint density at radius 3 is 2.48 bits per heavy atom. The number of aromatic nitrogens is 2. The van der Waals surface area contributed by atoms with Crippen LogP contribution in [0.4, 0.5) is 18.0 Å². The number of hydrogen-bond donors (Lipinski definition) is 0. The molecule has 1 amide bonds. The molecular weight excluding hydrogens is 411 g/mol. The number of hydrogen-bond acceptors (Lipinski definition) is 4. The van der Waals surface area contributed by atoms with Gasteiger partial charge in [-0.1, -0.05) is 31.9 Å². The van der Waals surface area contributed by atoms with Crippen LogP contribution in [0.2, 0.25) is 0 Å². The van der Waals surface area contributed by atoms with Crippen molar-refractivity contribution in [1.29, 1.82) is 0 Å². The van der Waals surface area contributed by atoms with Crippen molar-refractivity contribution in [2.45, 2.75) is 66.1 Å². The smallest absolute Gasteiger partial charge is 0.416 e. The molecular formula is C22H30F3N3O3. The first-order chi connectivity index (χ1) is 14.7. The molecule has 0 atom stereocenters. The van der Waals surface area contributed by atoms with Gasteiger partial charge in [0.05, 0.1) is 30.1 Å². The summed E-state index contributed by atoms with van der Waals surface area (Å²) >= 11 is 0. The number of ether oxygens (including phenoxy) is 2. The second-order valence-corrected chi connectivity index (χ2v) is 7.53. The highest BCUT2D eigenvalue weighted by Crippen LogP contribution is 2.30. The van der Waals surface area contributed by atoms with E-state index in [0.717, 1.165) is 23.5 Å². The van der Waals surface area contributed by atoms with Crippen molar-refractivity contribution in [3.05, 3.63) is 52.3 Å². The fourth-order valence-electron chi connectivity index (χ4n) is 3.24. The number of methoxy groups -OCH3 is 1. The molecule has 3 rings (SSSR count). The third-order valence-corrected chi connectivity index (χ3v) is 4.44. The molecule has 31 heavy (non-hydrogen) atoms. The minimum atomic E-state index is -4.44. The normalized spacial score (nSPS) is 13.7. The highest BCUT2D eigenvalue weighted by molar-refractivity contribution is 5.67. The van der Waals surface area contributed by atoms with E-state index < -0.39 is 17.8 Å². The minimum Gasteiger partial charge on any atom is -0.445 e. The van der Waals surface area contributed by atoms with Gasteiger partial charge in [-0.15, -0.1) is 0 Å². The summed E-state index contributed by atoms with van der Waals surface area (Å²) in [6.45, 7) is 7.50. The molecule has 0 aliphatic carbocycles. The van der Waals surface area contributed by atoms with Gasteiger partial charge in [0.2, 0.25) is 0 Å². The van der Waals surface area contributed by atoms with Crippen LogP contribution in [0.25, 0.3) is 0 Å². The number of amides is 1. The lowest BCUT2D eigenvalue weighted by atomic mass is 10.1. The molecule has 1 aliphatic rings. The summed E-state index contributed by atoms with van der Waals surface area (Å²) < 4.78 is 51.0. The van der Waals surface area contributed by atoms with Gasteiger partial charge in [0.1, 0.15) is 6.61 Å². The van der Waals surface area contributed by atoms with E-state index in [2.05, 4.69) is 18.9 Å². The van der Waals surface area contributed by atoms with E-state index in [1.54, 1.807) is 20.1 Å². The van der Waals surface area contributed by atoms with Gasteiger partial charge in [-0.3, -0.25) is 4.68 Å². The van der Waals surface area contributed by atoms with Gasteiger partial charge in [-0.05, 0) is 37.1 Å². The Hall–Kier alpha value is -2.55. The Balaban J connectivity index is 0.00000107. The van der Waals surface area contributed by atoms with E-state index in [1.165, 1.54) is 11.3 Å². The van der Waals surface area contributed by atoms with Crippen LogP contribution in [0.1, 0.15) is 54.8 Å². The topological polar surface area (TPSA) is 56.6 Å². The zero-order valence-corrected chi connectivity index (χ0v) is 18.5. The molecule has 0 spiro atoms. The zero-order valence-electron chi connectivity index (χ0n) is 18.5. The predicted octanol–water partition coefficient (Wildman–Crippen LogP) is 5.32. The maximum Gasteiger partial charge on any atom is 0.416 e. The number of fused-ring (bicyclic) bond motifs is 1. The molecule has 0 saturated heterocycles. The van der Waals surface area contributed by atoms with Crippen LogP contribution >= 0.6 is 0 Å². The van der Waals surface area contributed by atoms with Crippen molar-refractivity contribution in [1.82, 2.24) is 14.7 Å². The van der Waals surface area contributed by atoms with Gasteiger partial charge in [0.15, 0.2) is 0 Å². The molecule has 0 radical (unpaired) electrons. The Bertz CT molecular complexity index is 865. The van der Waals surface area contributed by atoms with Crippen LogP contribution in [0, 0.1) is 6.92 Å². The number of carbonyl (C=O) groups is 1. The first-order valence-corrected chi connectivity index (χ1v) is 10.3. The SMILES string of the molecule is CCC.COCc1cc2n(n1)CCCN(C(=O)OCc1cc(C)cc(C(F)(F)F)c1)C2. The third kappa shape index (κ3) is 7.27. The number of halogens is 3. The van der Waals surface area contributed by atoms with E-state index in [9.17, 15) is 18.0 Å². The van der Waals surface area contributed by atoms with Gasteiger partial charge >= 0.3 is 12.3 Å². The number of nitrogens with zero attached hydrogens (tertiary/aromatic N) is 3. The van der Waals surface area contributed by atoms with Crippen LogP contribution in [0.3, 0.4) is 0 Å². The van der Waals surface area contributed by atoms with Gasteiger partial charge in [-0.25, -0.2) is 4.79 Å². The lowest BCUT2D eigenvalue weighted by molar-refractivity contribution is -0.137. The molecule has 0 N–H and O–H groups in total. The summed E-state index contributed by atoms with van der Waals surface area (Å²) in [5.74, 6) is 0. The van der Waals surface area contributed by atoms with Crippen LogP contribution in [0.15, 0.2) is 24.3 Å². The second kappa shape index (κ2) is 11.2. The maximum absolute atomic E-state index is 12.9. The van der Waals surface area contributed by atoms with Crippen molar-refractivity contribution in [3.63, 3.8) is 0 Å². The molecule has 1 aliphatic heterocycles. The average molecular weight is 441 g/mol. The number of alkyl halides is 3. The second-order valence-electron chi connectivity index (χ2n) is 7.53. The molecule has 9 heteroatoms. The van der Waals surface area contributed by atoms with E-state index >= 15 is 0 Å². The monoisotopic (exact) mass is 441 g/mol. The number of carbonyl (C=O) groups excluding carboxylic acids is 1. The van der Waals surface area contributed by atoms with Crippen molar-refractivity contribution < 1.29 is 27.4 Å². The lowest BCUT2D eigenvalue weighted by Crippen LogP contribution is -2.31. The molecule has 0 saturated carbocycles. The van der Waals surface area contributed by atoms with Crippen LogP contribution in [-0.2, 0) is 42.0 Å². The molecule has 1 aromatic carbocycles. The highest BCUT2D eigenvalue weighted by atomic mass is 19.4. The molecule has 172 valence electrons. The van der Waals surface area contributed by atoms with Crippen molar-refractivity contribution >= 4 is 6.09 Å². The summed E-state index contributed by atoms with van der Waals surface area (Å²) in [5.41, 5.74) is 1.68. The largest absolute Gasteiger partial charge is 0.445 e. The standard InChI is InChI=1S/C19H22F3N3O3.C3H8/c1-13-6-14(8-15(7-13)19(20,21)22)11-28-18(26)24-4-3-5-25-17(10-24)9-16(23-25)12-27-2;1-3-2/h6-9H,3-5,10-12H2,1-2H3;3H2,1-2H3. The average Bonchev–Trinajstić information content (AvgIpc) is 2.95. The van der Waals surface area contributed by atoms with E-state index in [-0.39, 0.29) is 6.61 Å². The Morgan fingerprint density at radius 1 is 1.13 bits per heavy atom. The number of rotatable bonds is 4. The highest BCUT2D eigenvalue weighted by Gasteiger charge is 2.31. The summed E-state index contributed by atoms with van der Waals surface area (Å²) in [4.78, 5) is 14.0. The summed E-state index contributed by atoms with van der Waals surface area (Å²) in [7, 11) is 1.59. The van der Waals surface area contributed by atoms with E-state index in [4.69, 9.17) is 9.47 Å². The van der Waals surface area contributed by atoms with Gasteiger partial charge in [0, 0.05) is 20.2 Å². The number of benzene rings is 1. The molecule has 6 nitrogen and oxygen atoms in total. The molecule has 2 aromatic rings. The van der Waals surface area contributed by atoms with Crippen molar-refractivity contribution in [3.8, 4) is 0 Å². The molecule has 1 aromatic heterocycles. The molecule has 0 unspecified atom stereocenters.